The third-order valence-electron chi connectivity index (χ3n) is 3.39. The SMILES string of the molecule is CCCOCc1c(C)cccc1C#CC(C)(C)C(C)=O. The first-order chi connectivity index (χ1) is 9.38. The lowest BCUT2D eigenvalue weighted by atomic mass is 9.89. The highest BCUT2D eigenvalue weighted by Crippen LogP contribution is 2.18. The van der Waals surface area contributed by atoms with Crippen molar-refractivity contribution in [3.8, 4) is 11.8 Å². The van der Waals surface area contributed by atoms with Gasteiger partial charge in [-0.25, -0.2) is 0 Å². The third-order valence-corrected chi connectivity index (χ3v) is 3.39. The molecule has 0 unspecified atom stereocenters. The Morgan fingerprint density at radius 1 is 1.35 bits per heavy atom. The molecule has 1 aromatic rings. The van der Waals surface area contributed by atoms with Gasteiger partial charge in [-0.2, -0.15) is 0 Å². The van der Waals surface area contributed by atoms with Crippen LogP contribution in [0, 0.1) is 24.2 Å². The molecule has 0 aliphatic carbocycles. The molecule has 0 aromatic heterocycles. The average molecular weight is 272 g/mol. The van der Waals surface area contributed by atoms with Crippen LogP contribution in [0.2, 0.25) is 0 Å². The van der Waals surface area contributed by atoms with Gasteiger partial charge < -0.3 is 4.74 Å². The van der Waals surface area contributed by atoms with Crippen LogP contribution in [-0.4, -0.2) is 12.4 Å². The maximum absolute atomic E-state index is 11.5. The van der Waals surface area contributed by atoms with Gasteiger partial charge in [0.25, 0.3) is 0 Å². The number of benzene rings is 1. The number of carbonyl (C=O) groups excluding carboxylic acids is 1. The van der Waals surface area contributed by atoms with Crippen molar-refractivity contribution in [3.05, 3.63) is 34.9 Å². The zero-order valence-electron chi connectivity index (χ0n) is 13.2. The number of hydrogen-bond acceptors (Lipinski definition) is 2. The molecule has 0 bridgehead atoms. The molecule has 20 heavy (non-hydrogen) atoms. The van der Waals surface area contributed by atoms with E-state index < -0.39 is 5.41 Å². The van der Waals surface area contributed by atoms with Crippen LogP contribution in [0.15, 0.2) is 18.2 Å². The Balaban J connectivity index is 3.04. The lowest BCUT2D eigenvalue weighted by molar-refractivity contribution is -0.122. The zero-order chi connectivity index (χ0) is 15.2. The van der Waals surface area contributed by atoms with Gasteiger partial charge in [-0.15, -0.1) is 0 Å². The molecule has 0 amide bonds. The Morgan fingerprint density at radius 3 is 2.65 bits per heavy atom. The van der Waals surface area contributed by atoms with Crippen molar-refractivity contribution in [1.29, 1.82) is 0 Å². The summed E-state index contributed by atoms with van der Waals surface area (Å²) in [4.78, 5) is 11.5. The van der Waals surface area contributed by atoms with Crippen LogP contribution >= 0.6 is 0 Å². The fourth-order valence-corrected chi connectivity index (χ4v) is 1.64. The van der Waals surface area contributed by atoms with Crippen LogP contribution < -0.4 is 0 Å². The maximum Gasteiger partial charge on any atom is 0.147 e. The molecule has 0 N–H and O–H groups in total. The molecule has 2 nitrogen and oxygen atoms in total. The van der Waals surface area contributed by atoms with E-state index in [-0.39, 0.29) is 5.78 Å². The topological polar surface area (TPSA) is 26.3 Å². The van der Waals surface area contributed by atoms with Crippen molar-refractivity contribution in [2.24, 2.45) is 5.41 Å². The van der Waals surface area contributed by atoms with Crippen molar-refractivity contribution in [2.75, 3.05) is 6.61 Å². The largest absolute Gasteiger partial charge is 0.377 e. The standard InChI is InChI=1S/C18H24O2/c1-6-12-20-13-17-14(2)8-7-9-16(17)10-11-18(4,5)15(3)19/h7-9H,6,12-13H2,1-5H3. The van der Waals surface area contributed by atoms with E-state index >= 15 is 0 Å². The zero-order valence-corrected chi connectivity index (χ0v) is 13.2. The number of aryl methyl sites for hydroxylation is 1. The Hall–Kier alpha value is -1.59. The Bertz CT molecular complexity index is 530. The number of ketones is 1. The van der Waals surface area contributed by atoms with Crippen LogP contribution in [-0.2, 0) is 16.1 Å². The Morgan fingerprint density at radius 2 is 2.05 bits per heavy atom. The van der Waals surface area contributed by atoms with Crippen molar-refractivity contribution in [2.45, 2.75) is 47.6 Å². The minimum atomic E-state index is -0.606. The molecule has 1 rings (SSSR count). The summed E-state index contributed by atoms with van der Waals surface area (Å²) in [5.74, 6) is 6.31. The van der Waals surface area contributed by atoms with Crippen LogP contribution in [0.25, 0.3) is 0 Å². The molecule has 0 saturated carbocycles. The molecule has 2 heteroatoms. The molecule has 0 saturated heterocycles. The molecule has 0 heterocycles. The summed E-state index contributed by atoms with van der Waals surface area (Å²) in [6.45, 7) is 10.8. The van der Waals surface area contributed by atoms with Crippen molar-refractivity contribution in [1.82, 2.24) is 0 Å². The minimum absolute atomic E-state index is 0.0847. The minimum Gasteiger partial charge on any atom is -0.377 e. The van der Waals surface area contributed by atoms with E-state index in [0.29, 0.717) is 6.61 Å². The molecule has 0 fully saturated rings. The van der Waals surface area contributed by atoms with Crippen molar-refractivity contribution in [3.63, 3.8) is 0 Å². The van der Waals surface area contributed by atoms with E-state index in [9.17, 15) is 4.79 Å². The molecule has 108 valence electrons. The van der Waals surface area contributed by atoms with Crippen molar-refractivity contribution >= 4 is 5.78 Å². The Kier molecular flexibility index (Phi) is 5.98. The summed E-state index contributed by atoms with van der Waals surface area (Å²) in [7, 11) is 0. The summed E-state index contributed by atoms with van der Waals surface area (Å²) >= 11 is 0. The predicted molar refractivity (Wildman–Crippen MR) is 82.5 cm³/mol. The molecular weight excluding hydrogens is 248 g/mol. The van der Waals surface area contributed by atoms with Crippen LogP contribution in [0.5, 0.6) is 0 Å². The van der Waals surface area contributed by atoms with Gasteiger partial charge in [-0.1, -0.05) is 30.9 Å². The monoisotopic (exact) mass is 272 g/mol. The highest BCUT2D eigenvalue weighted by molar-refractivity contribution is 5.84. The number of hydrogen-bond donors (Lipinski definition) is 0. The third kappa shape index (κ3) is 4.51. The normalized spacial score (nSPS) is 10.8. The first kappa shape index (κ1) is 16.5. The smallest absolute Gasteiger partial charge is 0.147 e. The van der Waals surface area contributed by atoms with Crippen LogP contribution in [0.1, 0.15) is 50.8 Å². The molecule has 1 aromatic carbocycles. The molecule has 0 aliphatic rings. The van der Waals surface area contributed by atoms with Gasteiger partial charge in [0.15, 0.2) is 0 Å². The van der Waals surface area contributed by atoms with Crippen molar-refractivity contribution < 1.29 is 9.53 Å². The number of Topliss-reactive ketones (excluding diaryl/α,β-unsaturated/α-hetero) is 1. The van der Waals surface area contributed by atoms with E-state index in [4.69, 9.17) is 4.74 Å². The van der Waals surface area contributed by atoms with E-state index in [1.54, 1.807) is 6.92 Å². The Labute approximate surface area is 122 Å². The van der Waals surface area contributed by atoms with E-state index in [1.165, 1.54) is 5.56 Å². The van der Waals surface area contributed by atoms with E-state index in [0.717, 1.165) is 24.2 Å². The molecule has 0 radical (unpaired) electrons. The van der Waals surface area contributed by atoms with Gasteiger partial charge in [0.05, 0.1) is 12.0 Å². The molecule has 0 spiro atoms. The van der Waals surface area contributed by atoms with Gasteiger partial charge in [0, 0.05) is 12.2 Å². The summed E-state index contributed by atoms with van der Waals surface area (Å²) in [5.41, 5.74) is 2.64. The van der Waals surface area contributed by atoms with Crippen LogP contribution in [0.3, 0.4) is 0 Å². The fraction of sp³-hybridized carbons (Fsp3) is 0.500. The summed E-state index contributed by atoms with van der Waals surface area (Å²) in [6.07, 6.45) is 1.00. The van der Waals surface area contributed by atoms with Crippen LogP contribution in [0.4, 0.5) is 0 Å². The van der Waals surface area contributed by atoms with E-state index in [2.05, 4.69) is 31.8 Å². The fourth-order valence-electron chi connectivity index (χ4n) is 1.64. The highest BCUT2D eigenvalue weighted by atomic mass is 16.5. The lowest BCUT2D eigenvalue weighted by Gasteiger charge is -2.13. The maximum atomic E-state index is 11.5. The second-order valence-corrected chi connectivity index (χ2v) is 5.58. The lowest BCUT2D eigenvalue weighted by Crippen LogP contribution is -2.18. The first-order valence-corrected chi connectivity index (χ1v) is 7.09. The number of rotatable bonds is 5. The van der Waals surface area contributed by atoms with Gasteiger partial charge >= 0.3 is 0 Å². The van der Waals surface area contributed by atoms with Gasteiger partial charge in [-0.3, -0.25) is 4.79 Å². The van der Waals surface area contributed by atoms with Gasteiger partial charge in [-0.05, 0) is 51.3 Å². The molecule has 0 atom stereocenters. The second-order valence-electron chi connectivity index (χ2n) is 5.58. The van der Waals surface area contributed by atoms with Gasteiger partial charge in [0.2, 0.25) is 0 Å². The first-order valence-electron chi connectivity index (χ1n) is 7.09. The molecular formula is C18H24O2. The predicted octanol–water partition coefficient (Wildman–Crippen LogP) is 3.89. The number of carbonyl (C=O) groups is 1. The van der Waals surface area contributed by atoms with E-state index in [1.807, 2.05) is 26.0 Å². The number of ether oxygens (including phenoxy) is 1. The van der Waals surface area contributed by atoms with Gasteiger partial charge in [0.1, 0.15) is 5.78 Å². The summed E-state index contributed by atoms with van der Waals surface area (Å²) < 4.78 is 5.64. The summed E-state index contributed by atoms with van der Waals surface area (Å²) in [5, 5.41) is 0. The average Bonchev–Trinajstić information content (AvgIpc) is 2.39. The quantitative estimate of drug-likeness (QED) is 0.600. The second kappa shape index (κ2) is 7.26. The highest BCUT2D eigenvalue weighted by Gasteiger charge is 2.20. The summed E-state index contributed by atoms with van der Waals surface area (Å²) in [6, 6.07) is 6.04. The molecule has 0 aliphatic heterocycles.